The molecule has 0 bridgehead atoms. The Morgan fingerprint density at radius 2 is 2.29 bits per heavy atom. The number of hydrogen-bond acceptors (Lipinski definition) is 6. The fraction of sp³-hybridized carbons (Fsp3) is 0.667. The van der Waals surface area contributed by atoms with Gasteiger partial charge in [0.05, 0.1) is 18.1 Å². The summed E-state index contributed by atoms with van der Waals surface area (Å²) < 4.78 is 6.54. The number of nitrogens with one attached hydrogen (secondary N) is 1. The molecule has 1 aliphatic heterocycles. The van der Waals surface area contributed by atoms with Gasteiger partial charge in [-0.2, -0.15) is 5.10 Å². The Labute approximate surface area is 122 Å². The highest BCUT2D eigenvalue weighted by Crippen LogP contribution is 2.12. The third-order valence-corrected chi connectivity index (χ3v) is 3.41. The topological polar surface area (TPSA) is 103 Å². The van der Waals surface area contributed by atoms with Crippen LogP contribution in [0.2, 0.25) is 0 Å². The maximum atomic E-state index is 12.0. The van der Waals surface area contributed by atoms with E-state index in [0.29, 0.717) is 6.54 Å². The second-order valence-electron chi connectivity index (χ2n) is 4.86. The molecule has 1 saturated heterocycles. The molecule has 0 saturated carbocycles. The van der Waals surface area contributed by atoms with Crippen molar-refractivity contribution in [3.05, 3.63) is 22.5 Å². The smallest absolute Gasteiger partial charge is 0.307 e. The van der Waals surface area contributed by atoms with Gasteiger partial charge in [0.15, 0.2) is 0 Å². The van der Waals surface area contributed by atoms with Crippen LogP contribution in [0.1, 0.15) is 13.0 Å². The first-order valence-corrected chi connectivity index (χ1v) is 6.84. The van der Waals surface area contributed by atoms with E-state index < -0.39 is 11.0 Å². The molecule has 0 aromatic carbocycles. The molecule has 0 radical (unpaired) electrons. The van der Waals surface area contributed by atoms with Crippen molar-refractivity contribution in [2.24, 2.45) is 0 Å². The second-order valence-corrected chi connectivity index (χ2v) is 4.86. The zero-order chi connectivity index (χ0) is 15.2. The Hall–Kier alpha value is -2.00. The van der Waals surface area contributed by atoms with Crippen molar-refractivity contribution in [3.63, 3.8) is 0 Å². The first-order valence-electron chi connectivity index (χ1n) is 6.84. The largest absolute Gasteiger partial charge is 0.379 e. The highest BCUT2D eigenvalue weighted by Gasteiger charge is 2.19. The van der Waals surface area contributed by atoms with Crippen molar-refractivity contribution in [2.75, 3.05) is 39.4 Å². The summed E-state index contributed by atoms with van der Waals surface area (Å²) in [5.41, 5.74) is -0.122. The minimum Gasteiger partial charge on any atom is -0.379 e. The van der Waals surface area contributed by atoms with Crippen molar-refractivity contribution in [1.82, 2.24) is 20.0 Å². The summed E-state index contributed by atoms with van der Waals surface area (Å²) in [7, 11) is 0. The van der Waals surface area contributed by atoms with Gasteiger partial charge in [-0.05, 0) is 6.92 Å². The predicted molar refractivity (Wildman–Crippen MR) is 73.9 cm³/mol. The van der Waals surface area contributed by atoms with E-state index in [9.17, 15) is 14.9 Å². The SMILES string of the molecule is CC(C(=O)NCCN1CCOCC1)n1cc([N+](=O)[O-])cn1. The zero-order valence-electron chi connectivity index (χ0n) is 11.9. The number of hydrogen-bond donors (Lipinski definition) is 1. The summed E-state index contributed by atoms with van der Waals surface area (Å²) in [4.78, 5) is 24.2. The Balaban J connectivity index is 1.77. The molecule has 1 aromatic heterocycles. The monoisotopic (exact) mass is 297 g/mol. The number of carbonyl (C=O) groups is 1. The lowest BCUT2D eigenvalue weighted by atomic mass is 10.3. The molecule has 1 amide bonds. The second kappa shape index (κ2) is 7.14. The van der Waals surface area contributed by atoms with Crippen molar-refractivity contribution in [3.8, 4) is 0 Å². The van der Waals surface area contributed by atoms with Gasteiger partial charge in [0.2, 0.25) is 5.91 Å². The van der Waals surface area contributed by atoms with E-state index in [1.54, 1.807) is 6.92 Å². The molecule has 1 aromatic rings. The number of amides is 1. The standard InChI is InChI=1S/C12H19N5O4/c1-10(16-9-11(8-14-16)17(19)20)12(18)13-2-3-15-4-6-21-7-5-15/h8-10H,2-7H2,1H3,(H,13,18). The Morgan fingerprint density at radius 3 is 2.90 bits per heavy atom. The summed E-state index contributed by atoms with van der Waals surface area (Å²) >= 11 is 0. The van der Waals surface area contributed by atoms with E-state index in [0.717, 1.165) is 39.0 Å². The highest BCUT2D eigenvalue weighted by molar-refractivity contribution is 5.79. The summed E-state index contributed by atoms with van der Waals surface area (Å²) in [6, 6.07) is -0.580. The van der Waals surface area contributed by atoms with Crippen LogP contribution in [0.15, 0.2) is 12.4 Å². The van der Waals surface area contributed by atoms with Crippen molar-refractivity contribution >= 4 is 11.6 Å². The van der Waals surface area contributed by atoms with Crippen LogP contribution in [0.5, 0.6) is 0 Å². The van der Waals surface area contributed by atoms with E-state index in [1.165, 1.54) is 10.9 Å². The molecule has 21 heavy (non-hydrogen) atoms. The Bertz CT molecular complexity index is 498. The van der Waals surface area contributed by atoms with E-state index >= 15 is 0 Å². The minimum absolute atomic E-state index is 0.122. The molecule has 1 aliphatic rings. The van der Waals surface area contributed by atoms with Gasteiger partial charge in [-0.15, -0.1) is 0 Å². The molecule has 9 nitrogen and oxygen atoms in total. The van der Waals surface area contributed by atoms with Gasteiger partial charge in [-0.3, -0.25) is 24.5 Å². The van der Waals surface area contributed by atoms with E-state index in [1.807, 2.05) is 0 Å². The van der Waals surface area contributed by atoms with Crippen LogP contribution in [-0.4, -0.2) is 64.9 Å². The predicted octanol–water partition coefficient (Wildman–Crippen LogP) is -0.199. The fourth-order valence-electron chi connectivity index (χ4n) is 2.06. The zero-order valence-corrected chi connectivity index (χ0v) is 11.9. The van der Waals surface area contributed by atoms with Crippen LogP contribution < -0.4 is 5.32 Å². The molecule has 9 heteroatoms. The van der Waals surface area contributed by atoms with E-state index in [2.05, 4.69) is 15.3 Å². The minimum atomic E-state index is -0.580. The van der Waals surface area contributed by atoms with Crippen LogP contribution >= 0.6 is 0 Å². The van der Waals surface area contributed by atoms with Gasteiger partial charge in [0, 0.05) is 26.2 Å². The van der Waals surface area contributed by atoms with Crippen molar-refractivity contribution in [1.29, 1.82) is 0 Å². The summed E-state index contributed by atoms with van der Waals surface area (Å²) in [6.45, 7) is 6.14. The highest BCUT2D eigenvalue weighted by atomic mass is 16.6. The average Bonchev–Trinajstić information content (AvgIpc) is 2.97. The van der Waals surface area contributed by atoms with Crippen LogP contribution in [0.25, 0.3) is 0 Å². The third-order valence-electron chi connectivity index (χ3n) is 3.41. The number of rotatable bonds is 6. The van der Waals surface area contributed by atoms with E-state index in [-0.39, 0.29) is 11.6 Å². The molecular weight excluding hydrogens is 278 g/mol. The molecule has 1 N–H and O–H groups in total. The first kappa shape index (κ1) is 15.4. The maximum Gasteiger partial charge on any atom is 0.307 e. The number of aromatic nitrogens is 2. The van der Waals surface area contributed by atoms with E-state index in [4.69, 9.17) is 4.74 Å². The maximum absolute atomic E-state index is 12.0. The lowest BCUT2D eigenvalue weighted by Crippen LogP contribution is -2.42. The van der Waals surface area contributed by atoms with Gasteiger partial charge in [0.25, 0.3) is 0 Å². The van der Waals surface area contributed by atoms with Gasteiger partial charge in [-0.25, -0.2) is 0 Å². The van der Waals surface area contributed by atoms with Crippen molar-refractivity contribution < 1.29 is 14.5 Å². The molecular formula is C12H19N5O4. The summed E-state index contributed by atoms with van der Waals surface area (Å²) in [5.74, 6) is -0.207. The Kier molecular flexibility index (Phi) is 5.23. The van der Waals surface area contributed by atoms with Crippen molar-refractivity contribution in [2.45, 2.75) is 13.0 Å². The molecule has 116 valence electrons. The summed E-state index contributed by atoms with van der Waals surface area (Å²) in [5, 5.41) is 17.2. The van der Waals surface area contributed by atoms with Gasteiger partial charge in [0.1, 0.15) is 18.4 Å². The quantitative estimate of drug-likeness (QED) is 0.576. The normalized spacial score (nSPS) is 17.4. The average molecular weight is 297 g/mol. The number of ether oxygens (including phenoxy) is 1. The number of nitrogens with zero attached hydrogens (tertiary/aromatic N) is 4. The number of nitro groups is 1. The molecule has 1 unspecified atom stereocenters. The van der Waals surface area contributed by atoms with Crippen LogP contribution in [-0.2, 0) is 9.53 Å². The van der Waals surface area contributed by atoms with Gasteiger partial charge in [-0.1, -0.05) is 0 Å². The molecule has 1 atom stereocenters. The molecule has 2 heterocycles. The van der Waals surface area contributed by atoms with Crippen LogP contribution in [0.4, 0.5) is 5.69 Å². The lowest BCUT2D eigenvalue weighted by molar-refractivity contribution is -0.385. The van der Waals surface area contributed by atoms with Gasteiger partial charge >= 0.3 is 5.69 Å². The Morgan fingerprint density at radius 1 is 1.57 bits per heavy atom. The molecule has 2 rings (SSSR count). The first-order chi connectivity index (χ1) is 10.1. The fourth-order valence-corrected chi connectivity index (χ4v) is 2.06. The summed E-state index contributed by atoms with van der Waals surface area (Å²) in [6.07, 6.45) is 2.39. The van der Waals surface area contributed by atoms with Crippen LogP contribution in [0, 0.1) is 10.1 Å². The lowest BCUT2D eigenvalue weighted by Gasteiger charge is -2.26. The molecule has 0 spiro atoms. The molecule has 0 aliphatic carbocycles. The van der Waals surface area contributed by atoms with Gasteiger partial charge < -0.3 is 10.1 Å². The molecule has 1 fully saturated rings. The van der Waals surface area contributed by atoms with Crippen LogP contribution in [0.3, 0.4) is 0 Å². The number of morpholine rings is 1. The number of carbonyl (C=O) groups excluding carboxylic acids is 1. The third kappa shape index (κ3) is 4.23.